The highest BCUT2D eigenvalue weighted by Gasteiger charge is 2.26. The van der Waals surface area contributed by atoms with Gasteiger partial charge >= 0.3 is 5.97 Å². The summed E-state index contributed by atoms with van der Waals surface area (Å²) in [5.41, 5.74) is 0. The number of sulfonamides is 1. The minimum absolute atomic E-state index is 0.0535. The van der Waals surface area contributed by atoms with Crippen molar-refractivity contribution in [2.45, 2.75) is 37.3 Å². The Bertz CT molecular complexity index is 737. The van der Waals surface area contributed by atoms with E-state index in [1.54, 1.807) is 5.38 Å². The van der Waals surface area contributed by atoms with Gasteiger partial charge in [0, 0.05) is 17.5 Å². The fourth-order valence-corrected chi connectivity index (χ4v) is 3.65. The second-order valence-electron chi connectivity index (χ2n) is 4.93. The van der Waals surface area contributed by atoms with Crippen LogP contribution in [-0.4, -0.2) is 34.4 Å². The Labute approximate surface area is 131 Å². The van der Waals surface area contributed by atoms with Crippen LogP contribution in [0.15, 0.2) is 22.8 Å². The molecule has 8 nitrogen and oxygen atoms in total. The monoisotopic (exact) mass is 344 g/mol. The Hall–Kier alpha value is -1.78. The number of carboxylic acids is 1. The molecule has 0 aliphatic heterocycles. The van der Waals surface area contributed by atoms with Crippen molar-refractivity contribution in [1.82, 2.24) is 19.7 Å². The van der Waals surface area contributed by atoms with Gasteiger partial charge in [-0.1, -0.05) is 13.8 Å². The van der Waals surface area contributed by atoms with Crippen LogP contribution in [0.5, 0.6) is 0 Å². The van der Waals surface area contributed by atoms with E-state index in [0.29, 0.717) is 10.8 Å². The lowest BCUT2D eigenvalue weighted by Crippen LogP contribution is -2.30. The second-order valence-corrected chi connectivity index (χ2v) is 7.54. The maximum Gasteiger partial charge on any atom is 0.305 e. The van der Waals surface area contributed by atoms with Gasteiger partial charge in [0.15, 0.2) is 5.03 Å². The van der Waals surface area contributed by atoms with Crippen LogP contribution in [0.3, 0.4) is 0 Å². The van der Waals surface area contributed by atoms with E-state index in [-0.39, 0.29) is 10.9 Å². The van der Waals surface area contributed by atoms with Crippen molar-refractivity contribution in [2.75, 3.05) is 0 Å². The minimum atomic E-state index is -3.91. The molecule has 2 heterocycles. The Morgan fingerprint density at radius 1 is 1.45 bits per heavy atom. The summed E-state index contributed by atoms with van der Waals surface area (Å²) in [5, 5.41) is 10.9. The van der Waals surface area contributed by atoms with E-state index in [4.69, 9.17) is 5.11 Å². The van der Waals surface area contributed by atoms with Gasteiger partial charge < -0.3 is 10.1 Å². The van der Waals surface area contributed by atoms with Crippen LogP contribution in [0, 0.1) is 0 Å². The van der Waals surface area contributed by atoms with E-state index >= 15 is 0 Å². The van der Waals surface area contributed by atoms with Gasteiger partial charge in [0.1, 0.15) is 10.8 Å². The number of hydrogen-bond donors (Lipinski definition) is 3. The van der Waals surface area contributed by atoms with Crippen LogP contribution < -0.4 is 4.72 Å². The zero-order chi connectivity index (χ0) is 16.3. The number of thiazole rings is 1. The lowest BCUT2D eigenvalue weighted by atomic mass is 10.2. The first-order chi connectivity index (χ1) is 10.3. The van der Waals surface area contributed by atoms with Gasteiger partial charge in [-0.05, 0) is 0 Å². The molecule has 0 amide bonds. The molecule has 0 aliphatic rings. The topological polar surface area (TPSA) is 125 Å². The number of aromatic amines is 1. The van der Waals surface area contributed by atoms with Crippen LogP contribution >= 0.6 is 11.3 Å². The number of hydrogen-bond acceptors (Lipinski definition) is 6. The van der Waals surface area contributed by atoms with Crippen LogP contribution in [0.4, 0.5) is 0 Å². The Kier molecular flexibility index (Phi) is 4.94. The molecule has 0 aliphatic carbocycles. The highest BCUT2D eigenvalue weighted by Crippen LogP contribution is 2.22. The van der Waals surface area contributed by atoms with Gasteiger partial charge in [0.2, 0.25) is 0 Å². The summed E-state index contributed by atoms with van der Waals surface area (Å²) < 4.78 is 27.1. The Morgan fingerprint density at radius 2 is 2.18 bits per heavy atom. The normalized spacial score (nSPS) is 13.4. The van der Waals surface area contributed by atoms with E-state index in [0.717, 1.165) is 0 Å². The number of nitrogens with one attached hydrogen (secondary N) is 2. The number of carbonyl (C=O) groups is 1. The molecule has 0 saturated carbocycles. The summed E-state index contributed by atoms with van der Waals surface area (Å²) in [6.07, 6.45) is 2.32. The fourth-order valence-electron chi connectivity index (χ4n) is 1.76. The van der Waals surface area contributed by atoms with Crippen molar-refractivity contribution >= 4 is 27.3 Å². The zero-order valence-electron chi connectivity index (χ0n) is 12.0. The molecule has 10 heteroatoms. The third kappa shape index (κ3) is 3.90. The molecule has 0 spiro atoms. The van der Waals surface area contributed by atoms with E-state index in [1.807, 2.05) is 13.8 Å². The van der Waals surface area contributed by atoms with Gasteiger partial charge in [-0.2, -0.15) is 4.72 Å². The largest absolute Gasteiger partial charge is 0.481 e. The van der Waals surface area contributed by atoms with Crippen molar-refractivity contribution in [3.05, 3.63) is 28.6 Å². The third-order valence-electron chi connectivity index (χ3n) is 2.83. The molecule has 2 aromatic rings. The average molecular weight is 344 g/mol. The molecule has 3 N–H and O–H groups in total. The van der Waals surface area contributed by atoms with Crippen LogP contribution in [-0.2, 0) is 14.8 Å². The van der Waals surface area contributed by atoms with Crippen LogP contribution in [0.1, 0.15) is 43.1 Å². The summed E-state index contributed by atoms with van der Waals surface area (Å²) in [5.74, 6) is -0.516. The van der Waals surface area contributed by atoms with E-state index in [9.17, 15) is 13.2 Å². The molecule has 0 saturated heterocycles. The Balaban J connectivity index is 2.25. The molecule has 0 bridgehead atoms. The number of imidazole rings is 1. The summed E-state index contributed by atoms with van der Waals surface area (Å²) >= 11 is 1.19. The van der Waals surface area contributed by atoms with E-state index < -0.39 is 28.5 Å². The molecule has 2 aromatic heterocycles. The van der Waals surface area contributed by atoms with Crippen molar-refractivity contribution in [1.29, 1.82) is 0 Å². The molecule has 22 heavy (non-hydrogen) atoms. The SMILES string of the molecule is CC(C)c1ncc(S(=O)(=O)NC(CC(=O)O)c2nccs2)[nH]1. The predicted molar refractivity (Wildman–Crippen MR) is 80.1 cm³/mol. The molecular weight excluding hydrogens is 328 g/mol. The van der Waals surface area contributed by atoms with Gasteiger partial charge in [-0.25, -0.2) is 18.4 Å². The lowest BCUT2D eigenvalue weighted by molar-refractivity contribution is -0.137. The summed E-state index contributed by atoms with van der Waals surface area (Å²) in [6, 6.07) is -0.923. The van der Waals surface area contributed by atoms with Crippen molar-refractivity contribution in [3.63, 3.8) is 0 Å². The van der Waals surface area contributed by atoms with E-state index in [2.05, 4.69) is 19.7 Å². The molecule has 0 fully saturated rings. The maximum absolute atomic E-state index is 12.4. The molecule has 0 radical (unpaired) electrons. The van der Waals surface area contributed by atoms with E-state index in [1.165, 1.54) is 23.7 Å². The maximum atomic E-state index is 12.4. The lowest BCUT2D eigenvalue weighted by Gasteiger charge is -2.13. The van der Waals surface area contributed by atoms with Crippen LogP contribution in [0.2, 0.25) is 0 Å². The molecule has 2 rings (SSSR count). The van der Waals surface area contributed by atoms with Crippen molar-refractivity contribution in [2.24, 2.45) is 0 Å². The van der Waals surface area contributed by atoms with Gasteiger partial charge in [0.05, 0.1) is 18.7 Å². The summed E-state index contributed by atoms with van der Waals surface area (Å²) in [4.78, 5) is 21.7. The first kappa shape index (κ1) is 16.6. The van der Waals surface area contributed by atoms with Gasteiger partial charge in [0.25, 0.3) is 10.0 Å². The fraction of sp³-hybridized carbons (Fsp3) is 0.417. The quantitative estimate of drug-likeness (QED) is 0.698. The smallest absolute Gasteiger partial charge is 0.305 e. The number of carboxylic acid groups (broad SMARTS) is 1. The second kappa shape index (κ2) is 6.55. The van der Waals surface area contributed by atoms with Gasteiger partial charge in [-0.3, -0.25) is 4.79 Å². The minimum Gasteiger partial charge on any atom is -0.481 e. The molecule has 1 atom stereocenters. The molecule has 0 aromatic carbocycles. The molecular formula is C12H16N4O4S2. The number of aliphatic carboxylic acids is 1. The number of H-pyrrole nitrogens is 1. The number of aromatic nitrogens is 3. The standard InChI is InChI=1S/C12H16N4O4S2/c1-7(2)11-14-6-9(15-11)22(19,20)16-8(5-10(17)18)12-13-3-4-21-12/h3-4,6-8,16H,5H2,1-2H3,(H,14,15)(H,17,18). The summed E-state index contributed by atoms with van der Waals surface area (Å²) in [6.45, 7) is 3.76. The summed E-state index contributed by atoms with van der Waals surface area (Å²) in [7, 11) is -3.91. The third-order valence-corrected chi connectivity index (χ3v) is 5.10. The highest BCUT2D eigenvalue weighted by molar-refractivity contribution is 7.89. The van der Waals surface area contributed by atoms with Gasteiger partial charge in [-0.15, -0.1) is 11.3 Å². The Morgan fingerprint density at radius 3 is 2.68 bits per heavy atom. The molecule has 120 valence electrons. The van der Waals surface area contributed by atoms with Crippen molar-refractivity contribution in [3.8, 4) is 0 Å². The number of nitrogens with zero attached hydrogens (tertiary/aromatic N) is 2. The number of rotatable bonds is 7. The van der Waals surface area contributed by atoms with Crippen molar-refractivity contribution < 1.29 is 18.3 Å². The van der Waals surface area contributed by atoms with Crippen LogP contribution in [0.25, 0.3) is 0 Å². The first-order valence-corrected chi connectivity index (χ1v) is 8.84. The first-order valence-electron chi connectivity index (χ1n) is 6.48. The predicted octanol–water partition coefficient (Wildman–Crippen LogP) is 1.48. The average Bonchev–Trinajstić information content (AvgIpc) is 3.09. The highest BCUT2D eigenvalue weighted by atomic mass is 32.2. The zero-order valence-corrected chi connectivity index (χ0v) is 13.6. The molecule has 1 unspecified atom stereocenters.